The van der Waals surface area contributed by atoms with E-state index >= 15 is 0 Å². The molecule has 0 atom stereocenters. The predicted octanol–water partition coefficient (Wildman–Crippen LogP) is 2.95. The number of hydrogen-bond donors (Lipinski definition) is 1. The highest BCUT2D eigenvalue weighted by atomic mass is 32.2. The van der Waals surface area contributed by atoms with E-state index in [0.29, 0.717) is 17.9 Å². The fourth-order valence-corrected chi connectivity index (χ4v) is 3.89. The molecule has 1 aromatic heterocycles. The van der Waals surface area contributed by atoms with E-state index in [4.69, 9.17) is 0 Å². The van der Waals surface area contributed by atoms with Gasteiger partial charge in [0.15, 0.2) is 0 Å². The van der Waals surface area contributed by atoms with Crippen LogP contribution in [0.3, 0.4) is 0 Å². The van der Waals surface area contributed by atoms with Crippen LogP contribution >= 0.6 is 0 Å². The highest BCUT2D eigenvalue weighted by molar-refractivity contribution is 7.92. The highest BCUT2D eigenvalue weighted by Crippen LogP contribution is 2.20. The molecule has 2 aromatic carbocycles. The summed E-state index contributed by atoms with van der Waals surface area (Å²) in [7, 11) is -3.62. The van der Waals surface area contributed by atoms with E-state index in [0.717, 1.165) is 27.5 Å². The second-order valence-corrected chi connectivity index (χ2v) is 8.82. The molecule has 0 aliphatic heterocycles. The van der Waals surface area contributed by atoms with Crippen molar-refractivity contribution in [3.05, 3.63) is 77.9 Å². The molecule has 1 N–H and O–H groups in total. The first-order valence-corrected chi connectivity index (χ1v) is 11.0. The second-order valence-electron chi connectivity index (χ2n) is 6.92. The Hall–Kier alpha value is -3.13. The minimum absolute atomic E-state index is 0.305. The smallest absolute Gasteiger partial charge is 0.245 e. The molecule has 0 fully saturated rings. The Balaban J connectivity index is 1.80. The zero-order valence-corrected chi connectivity index (χ0v) is 17.5. The lowest BCUT2D eigenvalue weighted by molar-refractivity contribution is -0.114. The maximum atomic E-state index is 12.7. The van der Waals surface area contributed by atoms with Gasteiger partial charge >= 0.3 is 0 Å². The Morgan fingerprint density at radius 3 is 2.55 bits per heavy atom. The normalized spacial score (nSPS) is 11.3. The van der Waals surface area contributed by atoms with Crippen molar-refractivity contribution < 1.29 is 13.2 Å². The van der Waals surface area contributed by atoms with Crippen molar-refractivity contribution in [3.8, 4) is 0 Å². The van der Waals surface area contributed by atoms with E-state index in [9.17, 15) is 13.2 Å². The van der Waals surface area contributed by atoms with Crippen LogP contribution in [0.25, 0.3) is 0 Å². The number of aryl methyl sites for hydroxylation is 2. The number of amides is 1. The summed E-state index contributed by atoms with van der Waals surface area (Å²) >= 11 is 0. The maximum Gasteiger partial charge on any atom is 0.245 e. The Bertz CT molecular complexity index is 1120. The van der Waals surface area contributed by atoms with Gasteiger partial charge in [-0.1, -0.05) is 30.3 Å². The summed E-state index contributed by atoms with van der Waals surface area (Å²) < 4.78 is 27.6. The number of carbonyl (C=O) groups excluding carboxylic acids is 1. The molecule has 0 radical (unpaired) electrons. The van der Waals surface area contributed by atoms with Gasteiger partial charge in [0, 0.05) is 18.1 Å². The second kappa shape index (κ2) is 8.48. The zero-order chi connectivity index (χ0) is 21.0. The van der Waals surface area contributed by atoms with Crippen LogP contribution < -0.4 is 9.62 Å². The van der Waals surface area contributed by atoms with Crippen molar-refractivity contribution in [1.82, 2.24) is 9.55 Å². The number of para-hydroxylation sites is 1. The van der Waals surface area contributed by atoms with Gasteiger partial charge in [0.25, 0.3) is 0 Å². The molecule has 8 heteroatoms. The number of hydrogen-bond acceptors (Lipinski definition) is 4. The molecule has 0 saturated carbocycles. The Kier molecular flexibility index (Phi) is 6.03. The number of benzene rings is 2. The molecular formula is C21H24N4O3S. The van der Waals surface area contributed by atoms with E-state index in [1.165, 1.54) is 0 Å². The summed E-state index contributed by atoms with van der Waals surface area (Å²) in [6.45, 7) is 4.03. The van der Waals surface area contributed by atoms with E-state index in [-0.39, 0.29) is 6.54 Å². The summed E-state index contributed by atoms with van der Waals surface area (Å²) in [5.74, 6) is 0.459. The fourth-order valence-electron chi connectivity index (χ4n) is 3.04. The lowest BCUT2D eigenvalue weighted by Crippen LogP contribution is -2.37. The first kappa shape index (κ1) is 20.6. The maximum absolute atomic E-state index is 12.7. The van der Waals surface area contributed by atoms with Crippen LogP contribution in [0.2, 0.25) is 0 Å². The third-order valence-corrected chi connectivity index (χ3v) is 5.67. The van der Waals surface area contributed by atoms with Crippen molar-refractivity contribution in [2.45, 2.75) is 20.4 Å². The van der Waals surface area contributed by atoms with Gasteiger partial charge in [-0.3, -0.25) is 9.10 Å². The Morgan fingerprint density at radius 2 is 1.90 bits per heavy atom. The Morgan fingerprint density at radius 1 is 1.14 bits per heavy atom. The third kappa shape index (κ3) is 5.23. The third-order valence-electron chi connectivity index (χ3n) is 4.53. The minimum atomic E-state index is -3.62. The molecule has 0 bridgehead atoms. The molecule has 7 nitrogen and oxygen atoms in total. The van der Waals surface area contributed by atoms with Crippen LogP contribution in [0.15, 0.2) is 60.9 Å². The monoisotopic (exact) mass is 412 g/mol. The van der Waals surface area contributed by atoms with Crippen LogP contribution in [0.1, 0.15) is 17.0 Å². The summed E-state index contributed by atoms with van der Waals surface area (Å²) in [5, 5.41) is 2.85. The number of nitrogens with one attached hydrogen (secondary N) is 1. The number of anilines is 2. The van der Waals surface area contributed by atoms with E-state index in [1.54, 1.807) is 30.5 Å². The van der Waals surface area contributed by atoms with Crippen molar-refractivity contribution in [3.63, 3.8) is 0 Å². The van der Waals surface area contributed by atoms with E-state index < -0.39 is 15.9 Å². The van der Waals surface area contributed by atoms with Crippen LogP contribution in [-0.2, 0) is 21.4 Å². The number of rotatable bonds is 7. The fraction of sp³-hybridized carbons (Fsp3) is 0.238. The summed E-state index contributed by atoms with van der Waals surface area (Å²) in [6.07, 6.45) is 4.69. The number of nitrogens with zero attached hydrogens (tertiary/aromatic N) is 3. The molecule has 0 saturated heterocycles. The van der Waals surface area contributed by atoms with Gasteiger partial charge in [0.05, 0.1) is 18.5 Å². The van der Waals surface area contributed by atoms with Crippen LogP contribution in [0.5, 0.6) is 0 Å². The molecule has 0 unspecified atom stereocenters. The number of imidazole rings is 1. The SMILES string of the molecule is Cc1cccc(N(CC(=O)Nc2ccccc2Cn2ccnc2C)S(C)(=O)=O)c1. The molecule has 0 spiro atoms. The van der Waals surface area contributed by atoms with Gasteiger partial charge in [0.1, 0.15) is 12.4 Å². The van der Waals surface area contributed by atoms with E-state index in [1.807, 2.05) is 48.9 Å². The van der Waals surface area contributed by atoms with Gasteiger partial charge in [-0.25, -0.2) is 13.4 Å². The summed E-state index contributed by atoms with van der Waals surface area (Å²) in [4.78, 5) is 16.9. The standard InChI is InChI=1S/C21H24N4O3S/c1-16-7-6-9-19(13-16)25(29(3,27)28)15-21(26)23-20-10-5-4-8-18(20)14-24-12-11-22-17(24)2/h4-13H,14-15H2,1-3H3,(H,23,26). The van der Waals surface area contributed by atoms with Gasteiger partial charge in [-0.2, -0.15) is 0 Å². The lowest BCUT2D eigenvalue weighted by atomic mass is 10.1. The van der Waals surface area contributed by atoms with Gasteiger partial charge < -0.3 is 9.88 Å². The largest absolute Gasteiger partial charge is 0.331 e. The molecule has 29 heavy (non-hydrogen) atoms. The van der Waals surface area contributed by atoms with Crippen molar-refractivity contribution in [1.29, 1.82) is 0 Å². The topological polar surface area (TPSA) is 84.3 Å². The molecule has 3 rings (SSSR count). The quantitative estimate of drug-likeness (QED) is 0.647. The number of carbonyl (C=O) groups is 1. The average Bonchev–Trinajstić information content (AvgIpc) is 3.05. The van der Waals surface area contributed by atoms with Crippen molar-refractivity contribution in [2.24, 2.45) is 0 Å². The highest BCUT2D eigenvalue weighted by Gasteiger charge is 2.21. The molecule has 0 aliphatic rings. The average molecular weight is 413 g/mol. The number of sulfonamides is 1. The van der Waals surface area contributed by atoms with Crippen molar-refractivity contribution in [2.75, 3.05) is 22.4 Å². The van der Waals surface area contributed by atoms with Gasteiger partial charge in [-0.15, -0.1) is 0 Å². The Labute approximate surface area is 171 Å². The molecule has 1 heterocycles. The molecule has 1 amide bonds. The first-order chi connectivity index (χ1) is 13.7. The van der Waals surface area contributed by atoms with E-state index in [2.05, 4.69) is 10.3 Å². The van der Waals surface area contributed by atoms with Gasteiger partial charge in [-0.05, 0) is 43.2 Å². The summed E-state index contributed by atoms with van der Waals surface area (Å²) in [5.41, 5.74) is 2.93. The molecular weight excluding hydrogens is 388 g/mol. The van der Waals surface area contributed by atoms with Crippen molar-refractivity contribution >= 4 is 27.3 Å². The van der Waals surface area contributed by atoms with Crippen LogP contribution in [-0.4, -0.2) is 36.7 Å². The first-order valence-electron chi connectivity index (χ1n) is 9.14. The van der Waals surface area contributed by atoms with Crippen LogP contribution in [0, 0.1) is 13.8 Å². The zero-order valence-electron chi connectivity index (χ0n) is 16.7. The minimum Gasteiger partial charge on any atom is -0.331 e. The summed E-state index contributed by atoms with van der Waals surface area (Å²) in [6, 6.07) is 14.5. The van der Waals surface area contributed by atoms with Crippen LogP contribution in [0.4, 0.5) is 11.4 Å². The molecule has 3 aromatic rings. The predicted molar refractivity (Wildman–Crippen MR) is 115 cm³/mol. The van der Waals surface area contributed by atoms with Gasteiger partial charge in [0.2, 0.25) is 15.9 Å². The number of aromatic nitrogens is 2. The molecule has 0 aliphatic carbocycles. The molecule has 152 valence electrons. The lowest BCUT2D eigenvalue weighted by Gasteiger charge is -2.22.